The summed E-state index contributed by atoms with van der Waals surface area (Å²) in [6.45, 7) is 9.61. The standard InChI is InChI=1S/C25H26N/c1-15-16(2)18(4)25(17(15)3)24-13-23(21-10-5-6-11-22(21)24)20-9-7-8-19(12-20)14-26/h5-13,24H,14,26H2,1-4H3. The second-order valence-corrected chi connectivity index (χ2v) is 7.46. The van der Waals surface area contributed by atoms with Crippen molar-refractivity contribution in [2.24, 2.45) is 5.73 Å². The van der Waals surface area contributed by atoms with Crippen LogP contribution in [0.4, 0.5) is 0 Å². The third-order valence-corrected chi connectivity index (χ3v) is 6.20. The zero-order valence-electron chi connectivity index (χ0n) is 16.1. The molecule has 1 atom stereocenters. The molecule has 1 heteroatoms. The number of rotatable bonds is 3. The molecular weight excluding hydrogens is 314 g/mol. The van der Waals surface area contributed by atoms with Gasteiger partial charge in [-0.15, -0.1) is 0 Å². The molecule has 131 valence electrons. The molecule has 2 aromatic rings. The Balaban J connectivity index is 1.86. The molecule has 0 amide bonds. The second kappa shape index (κ2) is 6.41. The summed E-state index contributed by atoms with van der Waals surface area (Å²) in [5, 5.41) is 0. The van der Waals surface area contributed by atoms with Crippen LogP contribution in [-0.2, 0) is 6.54 Å². The Morgan fingerprint density at radius 3 is 2.19 bits per heavy atom. The van der Waals surface area contributed by atoms with E-state index in [1.54, 1.807) is 0 Å². The quantitative estimate of drug-likeness (QED) is 0.735. The van der Waals surface area contributed by atoms with E-state index in [-0.39, 0.29) is 0 Å². The third-order valence-electron chi connectivity index (χ3n) is 6.20. The molecule has 1 unspecified atom stereocenters. The first-order valence-corrected chi connectivity index (χ1v) is 9.36. The zero-order chi connectivity index (χ0) is 18.4. The minimum absolute atomic E-state index is 0.329. The van der Waals surface area contributed by atoms with E-state index in [0.29, 0.717) is 12.5 Å². The summed E-state index contributed by atoms with van der Waals surface area (Å²) in [6, 6.07) is 17.5. The molecule has 1 radical (unpaired) electrons. The normalized spacial score (nSPS) is 20.0. The highest BCUT2D eigenvalue weighted by molar-refractivity contribution is 5.87. The lowest BCUT2D eigenvalue weighted by Crippen LogP contribution is -2.08. The SMILES string of the molecule is CC1=C(C)C(C)=C(C)[C]1C1C=C(c2cccc(CN)c2)c2ccccc21. The molecule has 2 aromatic carbocycles. The number of hydrogen-bond donors (Lipinski definition) is 1. The van der Waals surface area contributed by atoms with E-state index in [1.807, 2.05) is 0 Å². The molecule has 0 saturated heterocycles. The third kappa shape index (κ3) is 2.50. The fourth-order valence-electron chi connectivity index (χ4n) is 4.43. The fourth-order valence-corrected chi connectivity index (χ4v) is 4.43. The first-order chi connectivity index (χ1) is 12.5. The van der Waals surface area contributed by atoms with Crippen LogP contribution >= 0.6 is 0 Å². The Morgan fingerprint density at radius 1 is 0.808 bits per heavy atom. The van der Waals surface area contributed by atoms with E-state index in [2.05, 4.69) is 82.3 Å². The van der Waals surface area contributed by atoms with E-state index in [4.69, 9.17) is 5.73 Å². The van der Waals surface area contributed by atoms with Crippen molar-refractivity contribution in [3.8, 4) is 0 Å². The van der Waals surface area contributed by atoms with Crippen LogP contribution in [0.15, 0.2) is 76.9 Å². The summed E-state index contributed by atoms with van der Waals surface area (Å²) in [7, 11) is 0. The Kier molecular flexibility index (Phi) is 4.20. The van der Waals surface area contributed by atoms with Gasteiger partial charge in [-0.2, -0.15) is 0 Å². The van der Waals surface area contributed by atoms with Gasteiger partial charge in [0.1, 0.15) is 0 Å². The molecule has 0 aliphatic heterocycles. The average molecular weight is 340 g/mol. The zero-order valence-corrected chi connectivity index (χ0v) is 16.1. The molecule has 26 heavy (non-hydrogen) atoms. The number of allylic oxidation sites excluding steroid dienone is 5. The van der Waals surface area contributed by atoms with Gasteiger partial charge in [-0.05, 0) is 72.7 Å². The molecule has 2 N–H and O–H groups in total. The van der Waals surface area contributed by atoms with E-state index in [1.165, 1.54) is 56.0 Å². The number of benzene rings is 2. The predicted molar refractivity (Wildman–Crippen MR) is 111 cm³/mol. The number of hydrogen-bond acceptors (Lipinski definition) is 1. The van der Waals surface area contributed by atoms with Crippen molar-refractivity contribution in [2.75, 3.05) is 0 Å². The molecule has 0 saturated carbocycles. The minimum Gasteiger partial charge on any atom is -0.326 e. The monoisotopic (exact) mass is 340 g/mol. The maximum Gasteiger partial charge on any atom is 0.0370 e. The highest BCUT2D eigenvalue weighted by Gasteiger charge is 2.36. The van der Waals surface area contributed by atoms with Crippen LogP contribution in [-0.4, -0.2) is 0 Å². The lowest BCUT2D eigenvalue weighted by atomic mass is 9.81. The van der Waals surface area contributed by atoms with Gasteiger partial charge in [0.05, 0.1) is 0 Å². The van der Waals surface area contributed by atoms with Crippen LogP contribution in [0.5, 0.6) is 0 Å². The van der Waals surface area contributed by atoms with Crippen molar-refractivity contribution in [1.29, 1.82) is 0 Å². The summed E-state index contributed by atoms with van der Waals surface area (Å²) < 4.78 is 0. The van der Waals surface area contributed by atoms with Crippen LogP contribution in [0.3, 0.4) is 0 Å². The lowest BCUT2D eigenvalue weighted by Gasteiger charge is -2.22. The molecule has 2 aliphatic rings. The molecule has 0 fully saturated rings. The molecule has 1 nitrogen and oxygen atoms in total. The summed E-state index contributed by atoms with van der Waals surface area (Å²) in [6.07, 6.45) is 2.45. The van der Waals surface area contributed by atoms with Gasteiger partial charge in [0.25, 0.3) is 0 Å². The first kappa shape index (κ1) is 17.1. The van der Waals surface area contributed by atoms with Crippen molar-refractivity contribution >= 4 is 5.57 Å². The molecule has 0 heterocycles. The molecule has 2 aliphatic carbocycles. The van der Waals surface area contributed by atoms with Crippen LogP contribution in [0, 0.1) is 5.92 Å². The van der Waals surface area contributed by atoms with Gasteiger partial charge in [0.15, 0.2) is 0 Å². The molecule has 0 aromatic heterocycles. The molecule has 0 bridgehead atoms. The van der Waals surface area contributed by atoms with Gasteiger partial charge in [0, 0.05) is 18.4 Å². The first-order valence-electron chi connectivity index (χ1n) is 9.36. The Morgan fingerprint density at radius 2 is 1.50 bits per heavy atom. The van der Waals surface area contributed by atoms with E-state index < -0.39 is 0 Å². The minimum atomic E-state index is 0.329. The van der Waals surface area contributed by atoms with Crippen LogP contribution in [0.2, 0.25) is 0 Å². The molecule has 0 spiro atoms. The number of nitrogens with two attached hydrogens (primary N) is 1. The summed E-state index contributed by atoms with van der Waals surface area (Å²) >= 11 is 0. The van der Waals surface area contributed by atoms with Gasteiger partial charge in [-0.25, -0.2) is 0 Å². The average Bonchev–Trinajstić information content (AvgIpc) is 3.14. The van der Waals surface area contributed by atoms with E-state index in [0.717, 1.165) is 0 Å². The Hall–Kier alpha value is -2.38. The van der Waals surface area contributed by atoms with Gasteiger partial charge < -0.3 is 5.73 Å². The maximum absolute atomic E-state index is 5.87. The fraction of sp³-hybridized carbons (Fsp3) is 0.240. The Labute approximate surface area is 156 Å². The van der Waals surface area contributed by atoms with Crippen molar-refractivity contribution in [2.45, 2.75) is 40.2 Å². The van der Waals surface area contributed by atoms with Crippen molar-refractivity contribution < 1.29 is 0 Å². The smallest absolute Gasteiger partial charge is 0.0370 e. The van der Waals surface area contributed by atoms with Gasteiger partial charge in [0.2, 0.25) is 0 Å². The van der Waals surface area contributed by atoms with Gasteiger partial charge >= 0.3 is 0 Å². The maximum atomic E-state index is 5.87. The van der Waals surface area contributed by atoms with Crippen LogP contribution in [0.25, 0.3) is 5.57 Å². The summed E-state index contributed by atoms with van der Waals surface area (Å²) in [5.74, 6) is 1.81. The van der Waals surface area contributed by atoms with Crippen LogP contribution in [0.1, 0.15) is 55.9 Å². The van der Waals surface area contributed by atoms with Crippen molar-refractivity contribution in [3.05, 3.63) is 105 Å². The highest BCUT2D eigenvalue weighted by Crippen LogP contribution is 2.52. The lowest BCUT2D eigenvalue weighted by molar-refractivity contribution is 0.898. The van der Waals surface area contributed by atoms with Gasteiger partial charge in [-0.1, -0.05) is 59.7 Å². The largest absolute Gasteiger partial charge is 0.326 e. The highest BCUT2D eigenvalue weighted by atomic mass is 14.5. The summed E-state index contributed by atoms with van der Waals surface area (Å²) in [5.41, 5.74) is 18.1. The van der Waals surface area contributed by atoms with E-state index >= 15 is 0 Å². The second-order valence-electron chi connectivity index (χ2n) is 7.46. The summed E-state index contributed by atoms with van der Waals surface area (Å²) in [4.78, 5) is 0. The van der Waals surface area contributed by atoms with Crippen molar-refractivity contribution in [1.82, 2.24) is 0 Å². The molecular formula is C25H26N. The topological polar surface area (TPSA) is 26.0 Å². The van der Waals surface area contributed by atoms with E-state index in [9.17, 15) is 0 Å². The van der Waals surface area contributed by atoms with Crippen molar-refractivity contribution in [3.63, 3.8) is 0 Å². The predicted octanol–water partition coefficient (Wildman–Crippen LogP) is 5.94. The van der Waals surface area contributed by atoms with Crippen LogP contribution < -0.4 is 5.73 Å². The number of fused-ring (bicyclic) bond motifs is 1. The molecule has 4 rings (SSSR count). The Bertz CT molecular complexity index is 947. The van der Waals surface area contributed by atoms with Gasteiger partial charge in [-0.3, -0.25) is 0 Å².